The van der Waals surface area contributed by atoms with Crippen LogP contribution in [0.1, 0.15) is 42.8 Å². The van der Waals surface area contributed by atoms with E-state index in [0.29, 0.717) is 6.61 Å². The maximum Gasteiger partial charge on any atom is 0.124 e. The van der Waals surface area contributed by atoms with E-state index in [0.717, 1.165) is 17.1 Å². The summed E-state index contributed by atoms with van der Waals surface area (Å²) in [6, 6.07) is 10.4. The van der Waals surface area contributed by atoms with Crippen molar-refractivity contribution in [1.29, 1.82) is 0 Å². The van der Waals surface area contributed by atoms with Gasteiger partial charge in [0.05, 0.1) is 26.0 Å². The standard InChI is InChI=1S/C17H23NO3/c1-12(18-13(2)16-6-5-9-21-16)14-7-8-17(20-4)15(10-14)11-19-3/h5-10,12-13,18H,11H2,1-4H3/t12?,13-/m1/s1. The maximum atomic E-state index is 5.43. The minimum Gasteiger partial charge on any atom is -0.496 e. The molecule has 4 nitrogen and oxygen atoms in total. The summed E-state index contributed by atoms with van der Waals surface area (Å²) in [6.07, 6.45) is 1.70. The summed E-state index contributed by atoms with van der Waals surface area (Å²) < 4.78 is 16.0. The first-order valence-electron chi connectivity index (χ1n) is 7.11. The summed E-state index contributed by atoms with van der Waals surface area (Å²) in [5, 5.41) is 3.53. The number of benzene rings is 1. The van der Waals surface area contributed by atoms with Crippen LogP contribution in [-0.4, -0.2) is 14.2 Å². The molecule has 0 radical (unpaired) electrons. The minimum absolute atomic E-state index is 0.156. The van der Waals surface area contributed by atoms with Gasteiger partial charge in [-0.25, -0.2) is 0 Å². The van der Waals surface area contributed by atoms with Crippen molar-refractivity contribution in [1.82, 2.24) is 5.32 Å². The fourth-order valence-electron chi connectivity index (χ4n) is 2.43. The largest absolute Gasteiger partial charge is 0.496 e. The SMILES string of the molecule is COCc1cc(C(C)N[C@H](C)c2ccco2)ccc1OC. The highest BCUT2D eigenvalue weighted by molar-refractivity contribution is 5.38. The molecule has 1 heterocycles. The topological polar surface area (TPSA) is 43.6 Å². The van der Waals surface area contributed by atoms with Crippen molar-refractivity contribution in [3.8, 4) is 5.75 Å². The summed E-state index contributed by atoms with van der Waals surface area (Å²) in [5.74, 6) is 1.79. The second-order valence-electron chi connectivity index (χ2n) is 5.13. The molecule has 0 aliphatic carbocycles. The molecule has 0 aliphatic rings. The molecule has 0 bridgehead atoms. The van der Waals surface area contributed by atoms with E-state index in [2.05, 4.69) is 31.3 Å². The van der Waals surface area contributed by atoms with Gasteiger partial charge in [0.25, 0.3) is 0 Å². The molecule has 21 heavy (non-hydrogen) atoms. The second-order valence-corrected chi connectivity index (χ2v) is 5.13. The van der Waals surface area contributed by atoms with Crippen molar-refractivity contribution in [2.45, 2.75) is 32.5 Å². The van der Waals surface area contributed by atoms with Crippen molar-refractivity contribution in [2.75, 3.05) is 14.2 Å². The Labute approximate surface area is 126 Å². The molecule has 1 N–H and O–H groups in total. The molecule has 2 rings (SSSR count). The van der Waals surface area contributed by atoms with Crippen LogP contribution in [0.2, 0.25) is 0 Å². The maximum absolute atomic E-state index is 5.43. The summed E-state index contributed by atoms with van der Waals surface area (Å²) in [7, 11) is 3.36. The van der Waals surface area contributed by atoms with E-state index >= 15 is 0 Å². The fourth-order valence-corrected chi connectivity index (χ4v) is 2.43. The minimum atomic E-state index is 0.156. The van der Waals surface area contributed by atoms with E-state index in [1.807, 2.05) is 18.2 Å². The van der Waals surface area contributed by atoms with Crippen LogP contribution in [0.15, 0.2) is 41.0 Å². The molecule has 114 valence electrons. The molecule has 2 atom stereocenters. The van der Waals surface area contributed by atoms with E-state index in [1.165, 1.54) is 5.56 Å². The van der Waals surface area contributed by atoms with E-state index in [4.69, 9.17) is 13.9 Å². The van der Waals surface area contributed by atoms with Gasteiger partial charge in [0.15, 0.2) is 0 Å². The smallest absolute Gasteiger partial charge is 0.124 e. The lowest BCUT2D eigenvalue weighted by molar-refractivity contribution is 0.181. The van der Waals surface area contributed by atoms with Crippen molar-refractivity contribution < 1.29 is 13.9 Å². The van der Waals surface area contributed by atoms with Crippen LogP contribution in [0.25, 0.3) is 0 Å². The molecule has 1 aromatic heterocycles. The van der Waals surface area contributed by atoms with E-state index in [9.17, 15) is 0 Å². The number of methoxy groups -OCH3 is 2. The summed E-state index contributed by atoms with van der Waals surface area (Å²) >= 11 is 0. The first kappa shape index (κ1) is 15.6. The van der Waals surface area contributed by atoms with Gasteiger partial charge in [-0.1, -0.05) is 6.07 Å². The van der Waals surface area contributed by atoms with Gasteiger partial charge in [0.1, 0.15) is 11.5 Å². The van der Waals surface area contributed by atoms with Crippen LogP contribution in [0.4, 0.5) is 0 Å². The highest BCUT2D eigenvalue weighted by atomic mass is 16.5. The van der Waals surface area contributed by atoms with Gasteiger partial charge >= 0.3 is 0 Å². The molecule has 0 aliphatic heterocycles. The molecule has 0 fully saturated rings. The predicted molar refractivity (Wildman–Crippen MR) is 82.4 cm³/mol. The molecule has 0 saturated carbocycles. The normalized spacial score (nSPS) is 13.9. The van der Waals surface area contributed by atoms with Gasteiger partial charge in [-0.15, -0.1) is 0 Å². The van der Waals surface area contributed by atoms with E-state index in [1.54, 1.807) is 20.5 Å². The lowest BCUT2D eigenvalue weighted by Gasteiger charge is -2.20. The lowest BCUT2D eigenvalue weighted by Crippen LogP contribution is -2.22. The van der Waals surface area contributed by atoms with Crippen molar-refractivity contribution in [2.24, 2.45) is 0 Å². The Morgan fingerprint density at radius 1 is 1.14 bits per heavy atom. The van der Waals surface area contributed by atoms with Crippen LogP contribution in [0.5, 0.6) is 5.75 Å². The number of hydrogen-bond donors (Lipinski definition) is 1. The van der Waals surface area contributed by atoms with Crippen LogP contribution in [0, 0.1) is 0 Å². The molecule has 1 aromatic carbocycles. The zero-order valence-corrected chi connectivity index (χ0v) is 13.1. The zero-order chi connectivity index (χ0) is 15.2. The van der Waals surface area contributed by atoms with Gasteiger partial charge in [0, 0.05) is 18.7 Å². The molecule has 2 aromatic rings. The van der Waals surface area contributed by atoms with Crippen LogP contribution >= 0.6 is 0 Å². The number of ether oxygens (including phenoxy) is 2. The molecule has 0 saturated heterocycles. The molecule has 1 unspecified atom stereocenters. The monoisotopic (exact) mass is 289 g/mol. The van der Waals surface area contributed by atoms with Crippen LogP contribution < -0.4 is 10.1 Å². The Bertz CT molecular complexity index is 551. The fraction of sp³-hybridized carbons (Fsp3) is 0.412. The van der Waals surface area contributed by atoms with Gasteiger partial charge in [0.2, 0.25) is 0 Å². The van der Waals surface area contributed by atoms with E-state index in [-0.39, 0.29) is 12.1 Å². The Morgan fingerprint density at radius 3 is 2.57 bits per heavy atom. The van der Waals surface area contributed by atoms with Gasteiger partial charge < -0.3 is 19.2 Å². The molecular weight excluding hydrogens is 266 g/mol. The van der Waals surface area contributed by atoms with Gasteiger partial charge in [-0.05, 0) is 43.7 Å². The third kappa shape index (κ3) is 3.86. The second kappa shape index (κ2) is 7.29. The molecular formula is C17H23NO3. The molecule has 0 amide bonds. The Kier molecular flexibility index (Phi) is 5.42. The lowest BCUT2D eigenvalue weighted by atomic mass is 10.0. The third-order valence-corrected chi connectivity index (χ3v) is 3.57. The van der Waals surface area contributed by atoms with Crippen molar-refractivity contribution >= 4 is 0 Å². The Hall–Kier alpha value is -1.78. The quantitative estimate of drug-likeness (QED) is 0.841. The highest BCUT2D eigenvalue weighted by Crippen LogP contribution is 2.25. The highest BCUT2D eigenvalue weighted by Gasteiger charge is 2.14. The number of hydrogen-bond acceptors (Lipinski definition) is 4. The number of rotatable bonds is 7. The Morgan fingerprint density at radius 2 is 1.95 bits per heavy atom. The Balaban J connectivity index is 2.11. The van der Waals surface area contributed by atoms with Crippen molar-refractivity contribution in [3.05, 3.63) is 53.5 Å². The summed E-state index contributed by atoms with van der Waals surface area (Å²) in [6.45, 7) is 4.77. The van der Waals surface area contributed by atoms with Crippen LogP contribution in [0.3, 0.4) is 0 Å². The van der Waals surface area contributed by atoms with Crippen LogP contribution in [-0.2, 0) is 11.3 Å². The first-order chi connectivity index (χ1) is 10.2. The zero-order valence-electron chi connectivity index (χ0n) is 13.1. The third-order valence-electron chi connectivity index (χ3n) is 3.57. The van der Waals surface area contributed by atoms with Crippen molar-refractivity contribution in [3.63, 3.8) is 0 Å². The first-order valence-corrected chi connectivity index (χ1v) is 7.11. The van der Waals surface area contributed by atoms with Gasteiger partial charge in [-0.2, -0.15) is 0 Å². The molecule has 0 spiro atoms. The average Bonchev–Trinajstić information content (AvgIpc) is 3.01. The predicted octanol–water partition coefficient (Wildman–Crippen LogP) is 3.85. The van der Waals surface area contributed by atoms with Gasteiger partial charge in [-0.3, -0.25) is 0 Å². The number of furan rings is 1. The summed E-state index contributed by atoms with van der Waals surface area (Å²) in [4.78, 5) is 0. The van der Waals surface area contributed by atoms with E-state index < -0.39 is 0 Å². The number of nitrogens with one attached hydrogen (secondary N) is 1. The molecule has 4 heteroatoms. The average molecular weight is 289 g/mol. The summed E-state index contributed by atoms with van der Waals surface area (Å²) in [5.41, 5.74) is 2.25.